The summed E-state index contributed by atoms with van der Waals surface area (Å²) in [5.74, 6) is -0.0815. The number of thiol groups is 1. The maximum absolute atomic E-state index is 11.2. The van der Waals surface area contributed by atoms with Crippen LogP contribution in [0, 0.1) is 0 Å². The zero-order valence-corrected chi connectivity index (χ0v) is 10.9. The number of rotatable bonds is 6. The second-order valence-corrected chi connectivity index (χ2v) is 4.55. The molecule has 0 aliphatic carbocycles. The highest BCUT2D eigenvalue weighted by molar-refractivity contribution is 7.78. The Bertz CT molecular complexity index is 518. The van der Waals surface area contributed by atoms with Crippen LogP contribution >= 0.6 is 24.2 Å². The maximum Gasteiger partial charge on any atom is 0.194 e. The van der Waals surface area contributed by atoms with Crippen molar-refractivity contribution in [2.75, 3.05) is 13.2 Å². The minimum Gasteiger partial charge on any atom is -0.475 e. The quantitative estimate of drug-likeness (QED) is 0.769. The molecule has 0 aromatic carbocycles. The fourth-order valence-corrected chi connectivity index (χ4v) is 2.07. The summed E-state index contributed by atoms with van der Waals surface area (Å²) in [5, 5.41) is 1.31. The van der Waals surface area contributed by atoms with Crippen LogP contribution < -0.4 is 9.46 Å². The van der Waals surface area contributed by atoms with E-state index in [2.05, 4.69) is 32.5 Å². The van der Waals surface area contributed by atoms with Gasteiger partial charge in [-0.25, -0.2) is 15.0 Å². The van der Waals surface area contributed by atoms with Crippen molar-refractivity contribution in [3.05, 3.63) is 24.8 Å². The molecule has 0 amide bonds. The Labute approximate surface area is 113 Å². The molecule has 2 rings (SSSR count). The lowest BCUT2D eigenvalue weighted by molar-refractivity contribution is -0.119. The van der Waals surface area contributed by atoms with Gasteiger partial charge in [0.15, 0.2) is 10.8 Å². The van der Waals surface area contributed by atoms with E-state index in [0.29, 0.717) is 5.06 Å². The minimum absolute atomic E-state index is 0.00102. The van der Waals surface area contributed by atoms with Gasteiger partial charge in [0.1, 0.15) is 23.6 Å². The van der Waals surface area contributed by atoms with E-state index in [1.807, 2.05) is 0 Å². The molecule has 0 bridgehead atoms. The number of thiazole rings is 1. The molecule has 6 nitrogen and oxygen atoms in total. The van der Waals surface area contributed by atoms with E-state index >= 15 is 0 Å². The van der Waals surface area contributed by atoms with Crippen LogP contribution in [0.1, 0.15) is 0 Å². The molecule has 0 radical (unpaired) electrons. The first kappa shape index (κ1) is 12.9. The molecule has 94 valence electrons. The van der Waals surface area contributed by atoms with E-state index in [-0.39, 0.29) is 18.9 Å². The third-order valence-corrected chi connectivity index (χ3v) is 3.03. The normalized spacial score (nSPS) is 10.3. The van der Waals surface area contributed by atoms with Crippen molar-refractivity contribution >= 4 is 29.9 Å². The van der Waals surface area contributed by atoms with Crippen LogP contribution in [0.4, 0.5) is 0 Å². The van der Waals surface area contributed by atoms with Gasteiger partial charge in [-0.05, 0) is 6.07 Å². The number of aromatic nitrogens is 3. The molecule has 0 spiro atoms. The van der Waals surface area contributed by atoms with Crippen LogP contribution in [0.25, 0.3) is 10.7 Å². The van der Waals surface area contributed by atoms with Crippen LogP contribution in [0.3, 0.4) is 0 Å². The second kappa shape index (κ2) is 6.43. The fourth-order valence-electron chi connectivity index (χ4n) is 1.15. The molecule has 0 fully saturated rings. The first-order valence-electron chi connectivity index (χ1n) is 5.03. The number of carbonyl (C=O) groups is 1. The van der Waals surface area contributed by atoms with E-state index in [1.54, 1.807) is 18.5 Å². The lowest BCUT2D eigenvalue weighted by Gasteiger charge is -2.00. The van der Waals surface area contributed by atoms with Crippen LogP contribution in [-0.4, -0.2) is 33.9 Å². The monoisotopic (exact) mass is 282 g/mol. The Morgan fingerprint density at radius 1 is 1.50 bits per heavy atom. The third kappa shape index (κ3) is 3.49. The van der Waals surface area contributed by atoms with Gasteiger partial charge in [-0.1, -0.05) is 24.2 Å². The van der Waals surface area contributed by atoms with Crippen molar-refractivity contribution in [3.8, 4) is 15.8 Å². The number of hydrogen-bond donors (Lipinski definition) is 2. The van der Waals surface area contributed by atoms with Crippen molar-refractivity contribution < 1.29 is 9.53 Å². The Morgan fingerprint density at radius 2 is 2.39 bits per heavy atom. The molecule has 0 unspecified atom stereocenters. The van der Waals surface area contributed by atoms with Gasteiger partial charge in [-0.2, -0.15) is 0 Å². The predicted molar refractivity (Wildman–Crippen MR) is 70.6 cm³/mol. The smallest absolute Gasteiger partial charge is 0.194 e. The summed E-state index contributed by atoms with van der Waals surface area (Å²) in [4.78, 5) is 23.3. The summed E-state index contributed by atoms with van der Waals surface area (Å²) in [7, 11) is 0. The van der Waals surface area contributed by atoms with E-state index in [0.717, 1.165) is 10.7 Å². The van der Waals surface area contributed by atoms with Crippen molar-refractivity contribution in [2.24, 2.45) is 0 Å². The van der Waals surface area contributed by atoms with Crippen LogP contribution in [0.5, 0.6) is 5.06 Å². The Morgan fingerprint density at radius 3 is 3.11 bits per heavy atom. The third-order valence-electron chi connectivity index (χ3n) is 1.94. The lowest BCUT2D eigenvalue weighted by atomic mass is 10.4. The average Bonchev–Trinajstić information content (AvgIpc) is 2.87. The molecule has 0 saturated carbocycles. The molecule has 0 aliphatic rings. The zero-order valence-electron chi connectivity index (χ0n) is 9.24. The number of Topliss-reactive ketones (excluding diaryl/α,β-unsaturated/α-hetero) is 1. The van der Waals surface area contributed by atoms with Gasteiger partial charge in [0, 0.05) is 6.20 Å². The summed E-state index contributed by atoms with van der Waals surface area (Å²) >= 11 is 5.07. The summed E-state index contributed by atoms with van der Waals surface area (Å²) in [6.45, 7) is 0.166. The number of nitrogens with one attached hydrogen (secondary N) is 1. The maximum atomic E-state index is 11.2. The number of hydrogen-bond acceptors (Lipinski definition) is 8. The average molecular weight is 282 g/mol. The van der Waals surface area contributed by atoms with Crippen molar-refractivity contribution in [3.63, 3.8) is 0 Å². The van der Waals surface area contributed by atoms with Crippen molar-refractivity contribution in [1.82, 2.24) is 19.7 Å². The van der Waals surface area contributed by atoms with Gasteiger partial charge in [0.25, 0.3) is 0 Å². The topological polar surface area (TPSA) is 77.0 Å². The molecule has 8 heteroatoms. The standard InChI is InChI=1S/C10H10N4O2S2/c15-7(3-14-17)5-16-9-4-12-10(18-9)8-1-2-11-6-13-8/h1-2,4,6,14,17H,3,5H2. The first-order chi connectivity index (χ1) is 8.79. The zero-order chi connectivity index (χ0) is 12.8. The summed E-state index contributed by atoms with van der Waals surface area (Å²) < 4.78 is 7.78. The van der Waals surface area contributed by atoms with Crippen LogP contribution in [0.2, 0.25) is 0 Å². The molecular formula is C10H10N4O2S2. The van der Waals surface area contributed by atoms with Gasteiger partial charge in [-0.3, -0.25) is 9.52 Å². The number of ketones is 1. The Kier molecular flexibility index (Phi) is 4.62. The summed E-state index contributed by atoms with van der Waals surface area (Å²) in [6.07, 6.45) is 4.68. The van der Waals surface area contributed by atoms with E-state index < -0.39 is 0 Å². The molecular weight excluding hydrogens is 272 g/mol. The Hall–Kier alpha value is -1.51. The van der Waals surface area contributed by atoms with Gasteiger partial charge in [-0.15, -0.1) is 0 Å². The molecule has 0 aliphatic heterocycles. The number of nitrogens with zero attached hydrogens (tertiary/aromatic N) is 3. The Balaban J connectivity index is 1.97. The van der Waals surface area contributed by atoms with Crippen LogP contribution in [-0.2, 0) is 4.79 Å². The molecule has 2 aromatic heterocycles. The highest BCUT2D eigenvalue weighted by atomic mass is 32.1. The SMILES string of the molecule is O=C(CNS)COc1cnc(-c2ccncn2)s1. The molecule has 0 saturated heterocycles. The van der Waals surface area contributed by atoms with Crippen molar-refractivity contribution in [2.45, 2.75) is 0 Å². The van der Waals surface area contributed by atoms with Gasteiger partial charge >= 0.3 is 0 Å². The highest BCUT2D eigenvalue weighted by Gasteiger charge is 2.08. The van der Waals surface area contributed by atoms with Gasteiger partial charge in [0.05, 0.1) is 12.7 Å². The summed E-state index contributed by atoms with van der Waals surface area (Å²) in [5.41, 5.74) is 0.730. The number of carbonyl (C=O) groups excluding carboxylic acids is 1. The van der Waals surface area contributed by atoms with Crippen LogP contribution in [0.15, 0.2) is 24.8 Å². The summed E-state index contributed by atoms with van der Waals surface area (Å²) in [6, 6.07) is 1.76. The first-order valence-corrected chi connectivity index (χ1v) is 6.29. The minimum atomic E-state index is -0.0815. The van der Waals surface area contributed by atoms with Crippen molar-refractivity contribution in [1.29, 1.82) is 0 Å². The molecule has 0 atom stereocenters. The lowest BCUT2D eigenvalue weighted by Crippen LogP contribution is -2.21. The molecule has 2 heterocycles. The number of ether oxygens (including phenoxy) is 1. The van der Waals surface area contributed by atoms with E-state index in [9.17, 15) is 4.79 Å². The second-order valence-electron chi connectivity index (χ2n) is 3.24. The van der Waals surface area contributed by atoms with Gasteiger partial charge < -0.3 is 4.74 Å². The fraction of sp³-hybridized carbons (Fsp3) is 0.200. The highest BCUT2D eigenvalue weighted by Crippen LogP contribution is 2.28. The van der Waals surface area contributed by atoms with E-state index in [1.165, 1.54) is 17.7 Å². The molecule has 18 heavy (non-hydrogen) atoms. The van der Waals surface area contributed by atoms with E-state index in [4.69, 9.17) is 4.74 Å². The molecule has 2 aromatic rings. The largest absolute Gasteiger partial charge is 0.475 e. The molecule has 1 N–H and O–H groups in total. The van der Waals surface area contributed by atoms with Gasteiger partial charge in [0.2, 0.25) is 0 Å². The predicted octanol–water partition coefficient (Wildman–Crippen LogP) is 0.982.